The third kappa shape index (κ3) is 38.0. The fourth-order valence-electron chi connectivity index (χ4n) is 8.44. The average molecular weight is 1000 g/mol. The number of esters is 3. The van der Waals surface area contributed by atoms with Gasteiger partial charge in [0, 0.05) is 19.3 Å². The Labute approximate surface area is 431 Å². The number of unbranched alkanes of at least 4 members (excludes halogenated alkanes) is 26. The fraction of sp³-hybridized carbons (Fsp3) is 0.797. The Hall–Kier alpha value is -3.32. The van der Waals surface area contributed by atoms with Gasteiger partial charge in [-0.2, -0.15) is 0 Å². The molecule has 0 radical (unpaired) electrons. The van der Waals surface area contributed by atoms with E-state index in [2.05, 4.69) is 69.4 Å². The highest BCUT2D eigenvalue weighted by molar-refractivity contribution is 5.74. The summed E-state index contributed by atoms with van der Waals surface area (Å²) in [6, 6.07) is 0. The number of aliphatic hydroxyl groups excluding tert-OH is 2. The summed E-state index contributed by atoms with van der Waals surface area (Å²) in [6.07, 6.45) is 43.8. The summed E-state index contributed by atoms with van der Waals surface area (Å²) >= 11 is 0. The molecule has 12 heteroatoms. The van der Waals surface area contributed by atoms with Gasteiger partial charge in [0.25, 0.3) is 0 Å². The van der Waals surface area contributed by atoms with Gasteiger partial charge in [-0.25, -0.2) is 4.79 Å². The van der Waals surface area contributed by atoms with E-state index in [0.717, 1.165) is 103 Å². The van der Waals surface area contributed by atoms with E-state index in [-0.39, 0.29) is 25.9 Å². The highest BCUT2D eigenvalue weighted by Gasteiger charge is 2.50. The topological polar surface area (TPSA) is 175 Å². The number of carboxylic acid groups (broad SMARTS) is 1. The molecule has 1 fully saturated rings. The zero-order valence-electron chi connectivity index (χ0n) is 45.0. The van der Waals surface area contributed by atoms with Crippen LogP contribution in [0.1, 0.15) is 252 Å². The van der Waals surface area contributed by atoms with Gasteiger partial charge in [-0.05, 0) is 77.0 Å². The lowest BCUT2D eigenvalue weighted by atomic mass is 9.98. The molecule has 1 aliphatic rings. The van der Waals surface area contributed by atoms with Gasteiger partial charge in [0.15, 0.2) is 24.6 Å². The Morgan fingerprint density at radius 2 is 0.873 bits per heavy atom. The summed E-state index contributed by atoms with van der Waals surface area (Å²) in [5, 5.41) is 31.4. The maximum absolute atomic E-state index is 13.0. The van der Waals surface area contributed by atoms with Crippen molar-refractivity contribution in [3.05, 3.63) is 48.6 Å². The Morgan fingerprint density at radius 3 is 1.35 bits per heavy atom. The van der Waals surface area contributed by atoms with E-state index in [1.165, 1.54) is 89.9 Å². The minimum Gasteiger partial charge on any atom is -0.479 e. The molecule has 0 saturated carbocycles. The van der Waals surface area contributed by atoms with E-state index in [1.54, 1.807) is 0 Å². The van der Waals surface area contributed by atoms with Crippen LogP contribution in [0.3, 0.4) is 0 Å². The molecule has 0 amide bonds. The lowest BCUT2D eigenvalue weighted by Crippen LogP contribution is -2.61. The Balaban J connectivity index is 2.64. The molecule has 6 unspecified atom stereocenters. The zero-order chi connectivity index (χ0) is 51.8. The summed E-state index contributed by atoms with van der Waals surface area (Å²) in [4.78, 5) is 50.9. The van der Waals surface area contributed by atoms with E-state index in [0.29, 0.717) is 19.3 Å². The second-order valence-electron chi connectivity index (χ2n) is 19.6. The molecule has 71 heavy (non-hydrogen) atoms. The maximum atomic E-state index is 13.0. The summed E-state index contributed by atoms with van der Waals surface area (Å²) in [5.74, 6) is -3.13. The lowest BCUT2D eigenvalue weighted by Gasteiger charge is -2.40. The van der Waals surface area contributed by atoms with E-state index in [4.69, 9.17) is 23.7 Å². The van der Waals surface area contributed by atoms with Crippen LogP contribution in [0, 0.1) is 0 Å². The molecule has 410 valence electrons. The monoisotopic (exact) mass is 1000 g/mol. The van der Waals surface area contributed by atoms with Crippen molar-refractivity contribution in [1.29, 1.82) is 0 Å². The van der Waals surface area contributed by atoms with Crippen LogP contribution in [0.25, 0.3) is 0 Å². The van der Waals surface area contributed by atoms with Crippen molar-refractivity contribution in [3.63, 3.8) is 0 Å². The molecular formula is C59H102O12. The first-order valence-electron chi connectivity index (χ1n) is 28.6. The van der Waals surface area contributed by atoms with Gasteiger partial charge in [-0.1, -0.05) is 204 Å². The molecule has 1 aliphatic heterocycles. The Bertz CT molecular complexity index is 1420. The third-order valence-electron chi connectivity index (χ3n) is 12.9. The van der Waals surface area contributed by atoms with Crippen LogP contribution in [-0.2, 0) is 42.9 Å². The lowest BCUT2D eigenvalue weighted by molar-refractivity contribution is -0.301. The number of hydrogen-bond donors (Lipinski definition) is 3. The van der Waals surface area contributed by atoms with Gasteiger partial charge >= 0.3 is 23.9 Å². The first kappa shape index (κ1) is 65.7. The fourth-order valence-corrected chi connectivity index (χ4v) is 8.44. The standard InChI is InChI=1S/C59H102O12/c1-4-7-10-13-16-19-21-23-24-25-26-27-28-30-31-34-36-39-42-45-51(60)67-48-50(69-52(61)46-43-40-37-33-18-15-12-9-6-3)49-68-59-57(55(64)54(63)56(71-59)58(65)66)70-53(62)47-44-41-38-35-32-29-22-20-17-14-11-8-5-2/h11,14,16,19-20,22-24,50,54-57,59,63-64H,4-10,12-13,15,17-18,21,25-49H2,1-3H3,(H,65,66)/b14-11-,19-16-,22-20-,24-23-. The highest BCUT2D eigenvalue weighted by Crippen LogP contribution is 2.26. The van der Waals surface area contributed by atoms with Gasteiger partial charge in [0.1, 0.15) is 18.8 Å². The maximum Gasteiger partial charge on any atom is 0.335 e. The molecule has 0 aromatic carbocycles. The van der Waals surface area contributed by atoms with E-state index in [9.17, 15) is 34.5 Å². The predicted octanol–water partition coefficient (Wildman–Crippen LogP) is 14.2. The SMILES string of the molecule is CCC/C=C\C/C=C\CCCCCCCC(=O)OC1C(OCC(COC(=O)CCCCCCCCCCC/C=C\C/C=C\CCCCC)OC(=O)CCCCCCCCCCC)OC(C(=O)O)C(O)C1O. The van der Waals surface area contributed by atoms with Crippen LogP contribution >= 0.6 is 0 Å². The smallest absolute Gasteiger partial charge is 0.335 e. The van der Waals surface area contributed by atoms with Crippen molar-refractivity contribution in [2.75, 3.05) is 13.2 Å². The largest absolute Gasteiger partial charge is 0.479 e. The number of allylic oxidation sites excluding steroid dienone is 8. The van der Waals surface area contributed by atoms with Gasteiger partial charge in [-0.15, -0.1) is 0 Å². The number of carbonyl (C=O) groups is 4. The van der Waals surface area contributed by atoms with Crippen LogP contribution in [0.15, 0.2) is 48.6 Å². The van der Waals surface area contributed by atoms with Gasteiger partial charge in [-0.3, -0.25) is 14.4 Å². The second-order valence-corrected chi connectivity index (χ2v) is 19.6. The molecular weight excluding hydrogens is 901 g/mol. The van der Waals surface area contributed by atoms with Crippen LogP contribution in [0.2, 0.25) is 0 Å². The Kier molecular flexibility index (Phi) is 44.1. The van der Waals surface area contributed by atoms with Crippen LogP contribution < -0.4 is 0 Å². The number of aliphatic carboxylic acids is 1. The minimum atomic E-state index is -1.90. The van der Waals surface area contributed by atoms with Crippen molar-refractivity contribution in [2.24, 2.45) is 0 Å². The number of rotatable bonds is 48. The zero-order valence-corrected chi connectivity index (χ0v) is 45.0. The summed E-state index contributed by atoms with van der Waals surface area (Å²) in [5.41, 5.74) is 0. The molecule has 1 rings (SSSR count). The van der Waals surface area contributed by atoms with Crippen LogP contribution in [0.4, 0.5) is 0 Å². The summed E-state index contributed by atoms with van der Waals surface area (Å²) in [6.45, 7) is 5.87. The number of aliphatic hydroxyl groups is 2. The molecule has 3 N–H and O–H groups in total. The van der Waals surface area contributed by atoms with Crippen molar-refractivity contribution in [3.8, 4) is 0 Å². The number of hydrogen-bond acceptors (Lipinski definition) is 11. The van der Waals surface area contributed by atoms with Crippen molar-refractivity contribution in [2.45, 2.75) is 289 Å². The first-order chi connectivity index (χ1) is 34.6. The summed E-state index contributed by atoms with van der Waals surface area (Å²) in [7, 11) is 0. The number of ether oxygens (including phenoxy) is 5. The minimum absolute atomic E-state index is 0.0453. The number of carboxylic acids is 1. The molecule has 0 aromatic heterocycles. The first-order valence-corrected chi connectivity index (χ1v) is 28.6. The summed E-state index contributed by atoms with van der Waals surface area (Å²) < 4.78 is 28.3. The van der Waals surface area contributed by atoms with E-state index < -0.39 is 67.3 Å². The normalized spacial score (nSPS) is 18.8. The molecule has 6 atom stereocenters. The van der Waals surface area contributed by atoms with Gasteiger partial charge < -0.3 is 39.0 Å². The third-order valence-corrected chi connectivity index (χ3v) is 12.9. The van der Waals surface area contributed by atoms with Crippen LogP contribution in [0.5, 0.6) is 0 Å². The molecule has 0 spiro atoms. The van der Waals surface area contributed by atoms with Crippen molar-refractivity contribution >= 4 is 23.9 Å². The van der Waals surface area contributed by atoms with E-state index in [1.807, 2.05) is 0 Å². The number of carbonyl (C=O) groups excluding carboxylic acids is 3. The van der Waals surface area contributed by atoms with E-state index >= 15 is 0 Å². The molecule has 0 aliphatic carbocycles. The van der Waals surface area contributed by atoms with Crippen molar-refractivity contribution < 1.29 is 58.2 Å². The predicted molar refractivity (Wildman–Crippen MR) is 285 cm³/mol. The molecule has 0 aromatic rings. The molecule has 1 saturated heterocycles. The average Bonchev–Trinajstić information content (AvgIpc) is 3.35. The Morgan fingerprint density at radius 1 is 0.465 bits per heavy atom. The van der Waals surface area contributed by atoms with Gasteiger partial charge in [0.2, 0.25) is 0 Å². The highest BCUT2D eigenvalue weighted by atomic mass is 16.7. The molecule has 12 nitrogen and oxygen atoms in total. The molecule has 1 heterocycles. The quantitative estimate of drug-likeness (QED) is 0.0228. The van der Waals surface area contributed by atoms with Crippen molar-refractivity contribution in [1.82, 2.24) is 0 Å². The second kappa shape index (κ2) is 47.7. The van der Waals surface area contributed by atoms with Gasteiger partial charge in [0.05, 0.1) is 6.61 Å². The van der Waals surface area contributed by atoms with Crippen LogP contribution in [-0.4, -0.2) is 89.2 Å². The molecule has 0 bridgehead atoms.